The van der Waals surface area contributed by atoms with Crippen molar-refractivity contribution in [3.8, 4) is 0 Å². The Balaban J connectivity index is 2.59. The first kappa shape index (κ1) is 10.2. The van der Waals surface area contributed by atoms with Crippen molar-refractivity contribution in [1.82, 2.24) is 0 Å². The predicted octanol–water partition coefficient (Wildman–Crippen LogP) is 3.65. The molecule has 0 aliphatic heterocycles. The highest BCUT2D eigenvalue weighted by atomic mass is 79.9. The molecule has 1 heterocycles. The summed E-state index contributed by atoms with van der Waals surface area (Å²) in [6.45, 7) is 2.11. The Morgan fingerprint density at radius 3 is 3.00 bits per heavy atom. The van der Waals surface area contributed by atoms with Crippen LogP contribution in [0.15, 0.2) is 3.79 Å². The molecule has 76 valence electrons. The normalized spacial score (nSPS) is 20.6. The molecule has 0 saturated heterocycles. The van der Waals surface area contributed by atoms with Gasteiger partial charge in [-0.3, -0.25) is 0 Å². The van der Waals surface area contributed by atoms with Gasteiger partial charge in [0.1, 0.15) is 0 Å². The molecular formula is C10H11BrO2S. The number of hydrogen-bond donors (Lipinski definition) is 1. The molecule has 4 heteroatoms. The van der Waals surface area contributed by atoms with Crippen LogP contribution in [-0.2, 0) is 6.42 Å². The summed E-state index contributed by atoms with van der Waals surface area (Å²) in [5, 5.41) is 9.10. The van der Waals surface area contributed by atoms with Crippen LogP contribution in [0.2, 0.25) is 0 Å². The smallest absolute Gasteiger partial charge is 0.338 e. The molecule has 2 nitrogen and oxygen atoms in total. The summed E-state index contributed by atoms with van der Waals surface area (Å²) in [5.74, 6) is -0.407. The van der Waals surface area contributed by atoms with E-state index in [0.717, 1.165) is 22.2 Å². The molecule has 1 aromatic rings. The SMILES string of the molecule is CC1CCCc2sc(Br)c(C(=O)O)c21. The van der Waals surface area contributed by atoms with Crippen molar-refractivity contribution in [2.75, 3.05) is 0 Å². The molecule has 0 aromatic carbocycles. The summed E-state index contributed by atoms with van der Waals surface area (Å²) in [7, 11) is 0. The molecule has 1 N–H and O–H groups in total. The van der Waals surface area contributed by atoms with E-state index in [0.29, 0.717) is 11.5 Å². The predicted molar refractivity (Wildman–Crippen MR) is 60.3 cm³/mol. The number of aryl methyl sites for hydroxylation is 1. The van der Waals surface area contributed by atoms with Gasteiger partial charge in [-0.2, -0.15) is 0 Å². The highest BCUT2D eigenvalue weighted by Crippen LogP contribution is 2.42. The summed E-state index contributed by atoms with van der Waals surface area (Å²) in [6.07, 6.45) is 3.33. The van der Waals surface area contributed by atoms with E-state index < -0.39 is 5.97 Å². The van der Waals surface area contributed by atoms with Gasteiger partial charge >= 0.3 is 5.97 Å². The van der Waals surface area contributed by atoms with Crippen molar-refractivity contribution in [1.29, 1.82) is 0 Å². The zero-order valence-electron chi connectivity index (χ0n) is 7.84. The van der Waals surface area contributed by atoms with Gasteiger partial charge in [0.05, 0.1) is 9.35 Å². The van der Waals surface area contributed by atoms with Crippen molar-refractivity contribution in [3.63, 3.8) is 0 Å². The first-order valence-corrected chi connectivity index (χ1v) is 6.26. The van der Waals surface area contributed by atoms with Gasteiger partial charge in [-0.1, -0.05) is 6.92 Å². The average molecular weight is 275 g/mol. The van der Waals surface area contributed by atoms with Crippen LogP contribution in [0, 0.1) is 0 Å². The van der Waals surface area contributed by atoms with Crippen LogP contribution in [0.4, 0.5) is 0 Å². The van der Waals surface area contributed by atoms with E-state index in [2.05, 4.69) is 22.9 Å². The van der Waals surface area contributed by atoms with Gasteiger partial charge in [-0.05, 0) is 46.7 Å². The second-order valence-electron chi connectivity index (χ2n) is 3.69. The second-order valence-corrected chi connectivity index (χ2v) is 6.11. The summed E-state index contributed by atoms with van der Waals surface area (Å²) in [5.41, 5.74) is 1.57. The Hall–Kier alpha value is -0.350. The van der Waals surface area contributed by atoms with Gasteiger partial charge < -0.3 is 5.11 Å². The molecule has 0 fully saturated rings. The minimum absolute atomic E-state index is 0.396. The number of carboxylic acid groups (broad SMARTS) is 1. The van der Waals surface area contributed by atoms with Crippen molar-refractivity contribution < 1.29 is 9.90 Å². The highest BCUT2D eigenvalue weighted by molar-refractivity contribution is 9.11. The van der Waals surface area contributed by atoms with Crippen LogP contribution in [-0.4, -0.2) is 11.1 Å². The van der Waals surface area contributed by atoms with Crippen LogP contribution in [0.25, 0.3) is 0 Å². The molecule has 14 heavy (non-hydrogen) atoms. The molecule has 0 bridgehead atoms. The number of carboxylic acids is 1. The number of aromatic carboxylic acids is 1. The van der Waals surface area contributed by atoms with Gasteiger partial charge in [0.25, 0.3) is 0 Å². The van der Waals surface area contributed by atoms with Gasteiger partial charge in [-0.25, -0.2) is 4.79 Å². The maximum Gasteiger partial charge on any atom is 0.338 e. The van der Waals surface area contributed by atoms with Crippen LogP contribution in [0.3, 0.4) is 0 Å². The Kier molecular flexibility index (Phi) is 2.66. The fourth-order valence-electron chi connectivity index (χ4n) is 2.08. The minimum atomic E-state index is -0.803. The third-order valence-electron chi connectivity index (χ3n) is 2.73. The molecule has 0 radical (unpaired) electrons. The van der Waals surface area contributed by atoms with Crippen molar-refractivity contribution in [2.24, 2.45) is 0 Å². The van der Waals surface area contributed by atoms with Gasteiger partial charge in [0, 0.05) is 4.88 Å². The standard InChI is InChI=1S/C10H11BrO2S/c1-5-3-2-4-6-7(5)8(10(12)13)9(11)14-6/h5H,2-4H2,1H3,(H,12,13). The number of carbonyl (C=O) groups is 1. The lowest BCUT2D eigenvalue weighted by molar-refractivity contribution is 0.0694. The van der Waals surface area contributed by atoms with Crippen molar-refractivity contribution in [2.45, 2.75) is 32.1 Å². The fraction of sp³-hybridized carbons (Fsp3) is 0.500. The third kappa shape index (κ3) is 1.50. The van der Waals surface area contributed by atoms with Gasteiger partial charge in [0.15, 0.2) is 0 Å². The first-order chi connectivity index (χ1) is 6.61. The Bertz CT molecular complexity index is 384. The van der Waals surface area contributed by atoms with Crippen LogP contribution >= 0.6 is 27.3 Å². The van der Waals surface area contributed by atoms with E-state index in [9.17, 15) is 4.79 Å². The van der Waals surface area contributed by atoms with Crippen LogP contribution in [0.5, 0.6) is 0 Å². The van der Waals surface area contributed by atoms with E-state index in [1.165, 1.54) is 11.3 Å². The monoisotopic (exact) mass is 274 g/mol. The van der Waals surface area contributed by atoms with E-state index in [1.54, 1.807) is 11.3 Å². The summed E-state index contributed by atoms with van der Waals surface area (Å²) >= 11 is 4.93. The lowest BCUT2D eigenvalue weighted by Gasteiger charge is -2.19. The number of halogens is 1. The van der Waals surface area contributed by atoms with E-state index >= 15 is 0 Å². The summed E-state index contributed by atoms with van der Waals surface area (Å²) < 4.78 is 0.781. The van der Waals surface area contributed by atoms with Gasteiger partial charge in [-0.15, -0.1) is 11.3 Å². The number of hydrogen-bond acceptors (Lipinski definition) is 2. The molecule has 2 rings (SSSR count). The molecule has 1 aliphatic carbocycles. The lowest BCUT2D eigenvalue weighted by atomic mass is 9.87. The van der Waals surface area contributed by atoms with Crippen LogP contribution in [0.1, 0.15) is 46.5 Å². The molecule has 1 aromatic heterocycles. The molecule has 0 amide bonds. The topological polar surface area (TPSA) is 37.3 Å². The highest BCUT2D eigenvalue weighted by Gasteiger charge is 2.27. The zero-order chi connectivity index (χ0) is 10.3. The number of rotatable bonds is 1. The first-order valence-electron chi connectivity index (χ1n) is 4.65. The van der Waals surface area contributed by atoms with E-state index in [-0.39, 0.29) is 0 Å². The van der Waals surface area contributed by atoms with Crippen LogP contribution < -0.4 is 0 Å². The maximum absolute atomic E-state index is 11.1. The molecular weight excluding hydrogens is 264 g/mol. The average Bonchev–Trinajstić information content (AvgIpc) is 2.42. The molecule has 1 unspecified atom stereocenters. The Morgan fingerprint density at radius 2 is 2.36 bits per heavy atom. The second kappa shape index (κ2) is 3.66. The zero-order valence-corrected chi connectivity index (χ0v) is 10.2. The van der Waals surface area contributed by atoms with E-state index in [1.807, 2.05) is 0 Å². The largest absolute Gasteiger partial charge is 0.478 e. The number of fused-ring (bicyclic) bond motifs is 1. The summed E-state index contributed by atoms with van der Waals surface area (Å²) in [6, 6.07) is 0. The Labute approximate surface area is 95.1 Å². The lowest BCUT2D eigenvalue weighted by Crippen LogP contribution is -2.09. The molecule has 0 spiro atoms. The summed E-state index contributed by atoms with van der Waals surface area (Å²) in [4.78, 5) is 12.3. The maximum atomic E-state index is 11.1. The van der Waals surface area contributed by atoms with Crippen molar-refractivity contribution in [3.05, 3.63) is 19.8 Å². The number of thiophene rings is 1. The van der Waals surface area contributed by atoms with E-state index in [4.69, 9.17) is 5.11 Å². The minimum Gasteiger partial charge on any atom is -0.478 e. The molecule has 1 atom stereocenters. The molecule has 0 saturated carbocycles. The third-order valence-corrected chi connectivity index (χ3v) is 4.66. The van der Waals surface area contributed by atoms with Crippen molar-refractivity contribution >= 4 is 33.2 Å². The quantitative estimate of drug-likeness (QED) is 0.849. The molecule has 1 aliphatic rings. The fourth-order valence-corrected chi connectivity index (χ4v) is 4.22. The Morgan fingerprint density at radius 1 is 1.64 bits per heavy atom. The van der Waals surface area contributed by atoms with Gasteiger partial charge in [0.2, 0.25) is 0 Å².